The zero-order valence-corrected chi connectivity index (χ0v) is 20.1. The molecule has 0 unspecified atom stereocenters. The molecule has 2 fully saturated rings. The minimum absolute atomic E-state index is 0.0567. The molecule has 2 aromatic carbocycles. The van der Waals surface area contributed by atoms with Crippen LogP contribution in [0.4, 0.5) is 5.69 Å². The average molecular weight is 476 g/mol. The number of rotatable bonds is 8. The molecule has 0 N–H and O–H groups in total. The Kier molecular flexibility index (Phi) is 7.53. The first-order valence-corrected chi connectivity index (χ1v) is 12.6. The van der Waals surface area contributed by atoms with E-state index in [4.69, 9.17) is 4.74 Å². The van der Waals surface area contributed by atoms with Crippen molar-refractivity contribution >= 4 is 11.6 Å². The first-order chi connectivity index (χ1) is 17.3. The molecule has 0 saturated carbocycles. The Morgan fingerprint density at radius 2 is 1.54 bits per heavy atom. The summed E-state index contributed by atoms with van der Waals surface area (Å²) in [6, 6.07) is 15.7. The second-order valence-corrected chi connectivity index (χ2v) is 9.18. The van der Waals surface area contributed by atoms with Gasteiger partial charge in [-0.25, -0.2) is 4.68 Å². The number of anilines is 1. The number of piperazine rings is 1. The van der Waals surface area contributed by atoms with Crippen molar-refractivity contribution in [3.05, 3.63) is 60.4 Å². The van der Waals surface area contributed by atoms with Crippen LogP contribution in [0.25, 0.3) is 5.69 Å². The van der Waals surface area contributed by atoms with Crippen LogP contribution in [0.15, 0.2) is 54.9 Å². The minimum atomic E-state index is 0.0567. The lowest BCUT2D eigenvalue weighted by Gasteiger charge is -2.36. The summed E-state index contributed by atoms with van der Waals surface area (Å²) in [5.41, 5.74) is 2.67. The van der Waals surface area contributed by atoms with Crippen LogP contribution in [0.1, 0.15) is 36.0 Å². The van der Waals surface area contributed by atoms with Crippen molar-refractivity contribution in [1.82, 2.24) is 30.0 Å². The Labute approximate surface area is 206 Å². The van der Waals surface area contributed by atoms with Crippen molar-refractivity contribution in [1.29, 1.82) is 0 Å². The van der Waals surface area contributed by atoms with Gasteiger partial charge in [0.05, 0.1) is 12.3 Å². The first kappa shape index (κ1) is 23.3. The van der Waals surface area contributed by atoms with Gasteiger partial charge in [0.1, 0.15) is 12.1 Å². The topological polar surface area (TPSA) is 79.6 Å². The predicted octanol–water partition coefficient (Wildman–Crippen LogP) is 2.88. The number of ether oxygens (including phenoxy) is 1. The lowest BCUT2D eigenvalue weighted by molar-refractivity contribution is 0.0747. The molecule has 0 bridgehead atoms. The summed E-state index contributed by atoms with van der Waals surface area (Å²) in [6.45, 7) is 7.38. The van der Waals surface area contributed by atoms with Gasteiger partial charge in [-0.05, 0) is 91.3 Å². The zero-order valence-electron chi connectivity index (χ0n) is 20.1. The third-order valence-corrected chi connectivity index (χ3v) is 6.83. The first-order valence-electron chi connectivity index (χ1n) is 12.6. The van der Waals surface area contributed by atoms with E-state index >= 15 is 0 Å². The molecule has 1 aromatic heterocycles. The van der Waals surface area contributed by atoms with Crippen LogP contribution in [-0.2, 0) is 0 Å². The van der Waals surface area contributed by atoms with Crippen LogP contribution in [0.5, 0.6) is 5.75 Å². The van der Waals surface area contributed by atoms with Crippen LogP contribution in [-0.4, -0.2) is 88.3 Å². The minimum Gasteiger partial charge on any atom is -0.494 e. The molecule has 0 aliphatic carbocycles. The van der Waals surface area contributed by atoms with Gasteiger partial charge in [-0.1, -0.05) is 6.42 Å². The molecule has 0 spiro atoms. The molecule has 35 heavy (non-hydrogen) atoms. The quantitative estimate of drug-likeness (QED) is 0.464. The monoisotopic (exact) mass is 475 g/mol. The number of hydrogen-bond donors (Lipinski definition) is 0. The van der Waals surface area contributed by atoms with Gasteiger partial charge >= 0.3 is 0 Å². The van der Waals surface area contributed by atoms with Crippen molar-refractivity contribution in [3.8, 4) is 11.4 Å². The normalized spacial score (nSPS) is 16.9. The van der Waals surface area contributed by atoms with E-state index in [9.17, 15) is 4.79 Å². The maximum absolute atomic E-state index is 13.0. The number of hydrogen-bond acceptors (Lipinski definition) is 7. The summed E-state index contributed by atoms with van der Waals surface area (Å²) in [5.74, 6) is 0.979. The van der Waals surface area contributed by atoms with Crippen molar-refractivity contribution in [2.45, 2.75) is 25.7 Å². The Morgan fingerprint density at radius 3 is 2.23 bits per heavy atom. The third-order valence-electron chi connectivity index (χ3n) is 6.83. The van der Waals surface area contributed by atoms with E-state index in [1.54, 1.807) is 4.68 Å². The Balaban J connectivity index is 1.06. The van der Waals surface area contributed by atoms with Crippen molar-refractivity contribution in [2.24, 2.45) is 0 Å². The van der Waals surface area contributed by atoms with Crippen molar-refractivity contribution in [3.63, 3.8) is 0 Å². The van der Waals surface area contributed by atoms with E-state index in [2.05, 4.69) is 49.6 Å². The summed E-state index contributed by atoms with van der Waals surface area (Å²) in [4.78, 5) is 19.7. The van der Waals surface area contributed by atoms with Gasteiger partial charge in [0.2, 0.25) is 0 Å². The molecule has 1 amide bonds. The molecule has 0 atom stereocenters. The molecule has 9 nitrogen and oxygen atoms in total. The SMILES string of the molecule is O=C(c1ccc(-n2cnnn2)cc1)N1CCN(c2ccc(OCCCN3CCCCC3)cc2)CC1. The molecular weight excluding hydrogens is 442 g/mol. The maximum Gasteiger partial charge on any atom is 0.253 e. The van der Waals surface area contributed by atoms with E-state index in [0.29, 0.717) is 18.7 Å². The highest BCUT2D eigenvalue weighted by Gasteiger charge is 2.22. The highest BCUT2D eigenvalue weighted by molar-refractivity contribution is 5.94. The fourth-order valence-electron chi connectivity index (χ4n) is 4.80. The molecule has 2 saturated heterocycles. The number of nitrogens with zero attached hydrogens (tertiary/aromatic N) is 7. The zero-order chi connectivity index (χ0) is 23.9. The number of piperidine rings is 1. The molecule has 3 heterocycles. The molecule has 5 rings (SSSR count). The largest absolute Gasteiger partial charge is 0.494 e. The van der Waals surface area contributed by atoms with Gasteiger partial charge < -0.3 is 19.4 Å². The van der Waals surface area contributed by atoms with Gasteiger partial charge in [0.15, 0.2) is 0 Å². The van der Waals surface area contributed by atoms with Crippen LogP contribution in [0.2, 0.25) is 0 Å². The average Bonchev–Trinajstić information content (AvgIpc) is 3.47. The fourth-order valence-corrected chi connectivity index (χ4v) is 4.80. The van der Waals surface area contributed by atoms with Crippen LogP contribution < -0.4 is 9.64 Å². The highest BCUT2D eigenvalue weighted by atomic mass is 16.5. The lowest BCUT2D eigenvalue weighted by atomic mass is 10.1. The fraction of sp³-hybridized carbons (Fsp3) is 0.462. The summed E-state index contributed by atoms with van der Waals surface area (Å²) in [6.07, 6.45) is 6.65. The maximum atomic E-state index is 13.0. The number of amides is 1. The van der Waals surface area contributed by atoms with E-state index < -0.39 is 0 Å². The molecule has 9 heteroatoms. The van der Waals surface area contributed by atoms with Crippen LogP contribution in [0, 0.1) is 0 Å². The summed E-state index contributed by atoms with van der Waals surface area (Å²) in [7, 11) is 0. The lowest BCUT2D eigenvalue weighted by Crippen LogP contribution is -2.48. The number of benzene rings is 2. The molecule has 2 aliphatic heterocycles. The predicted molar refractivity (Wildman–Crippen MR) is 134 cm³/mol. The van der Waals surface area contributed by atoms with E-state index in [0.717, 1.165) is 44.1 Å². The number of aromatic nitrogens is 4. The molecule has 2 aliphatic rings. The van der Waals surface area contributed by atoms with Crippen LogP contribution >= 0.6 is 0 Å². The highest BCUT2D eigenvalue weighted by Crippen LogP contribution is 2.22. The second kappa shape index (κ2) is 11.3. The molecule has 3 aromatic rings. The van der Waals surface area contributed by atoms with Gasteiger partial charge in [-0.2, -0.15) is 0 Å². The van der Waals surface area contributed by atoms with E-state index in [1.165, 1.54) is 44.4 Å². The van der Waals surface area contributed by atoms with E-state index in [-0.39, 0.29) is 5.91 Å². The molecular formula is C26H33N7O2. The smallest absolute Gasteiger partial charge is 0.253 e. The Morgan fingerprint density at radius 1 is 0.829 bits per heavy atom. The summed E-state index contributed by atoms with van der Waals surface area (Å²) >= 11 is 0. The Hall–Kier alpha value is -3.46. The van der Waals surface area contributed by atoms with Crippen molar-refractivity contribution < 1.29 is 9.53 Å². The number of tetrazole rings is 1. The Bertz CT molecular complexity index is 1060. The van der Waals surface area contributed by atoms with Crippen LogP contribution in [0.3, 0.4) is 0 Å². The number of carbonyl (C=O) groups is 1. The summed E-state index contributed by atoms with van der Waals surface area (Å²) < 4.78 is 7.53. The second-order valence-electron chi connectivity index (χ2n) is 9.18. The van der Waals surface area contributed by atoms with Gasteiger partial charge in [0, 0.05) is 44.0 Å². The number of likely N-dealkylation sites (tertiary alicyclic amines) is 1. The standard InChI is InChI=1S/C26H33N7O2/c34-26(22-5-7-24(8-6-22)33-21-27-28-29-33)32-18-16-31(17-19-32)23-9-11-25(12-10-23)35-20-4-15-30-13-2-1-3-14-30/h5-12,21H,1-4,13-20H2. The van der Waals surface area contributed by atoms with Gasteiger partial charge in [0.25, 0.3) is 5.91 Å². The summed E-state index contributed by atoms with van der Waals surface area (Å²) in [5, 5.41) is 11.2. The third kappa shape index (κ3) is 5.97. The molecule has 0 radical (unpaired) electrons. The van der Waals surface area contributed by atoms with Gasteiger partial charge in [-0.15, -0.1) is 5.10 Å². The molecule has 184 valence electrons. The number of carbonyl (C=O) groups excluding carboxylic acids is 1. The van der Waals surface area contributed by atoms with Gasteiger partial charge in [-0.3, -0.25) is 4.79 Å². The van der Waals surface area contributed by atoms with E-state index in [1.807, 2.05) is 29.2 Å². The van der Waals surface area contributed by atoms with Crippen molar-refractivity contribution in [2.75, 3.05) is 57.3 Å².